The predicted octanol–water partition coefficient (Wildman–Crippen LogP) is 2.26. The zero-order valence-electron chi connectivity index (χ0n) is 14.7. The fourth-order valence-corrected chi connectivity index (χ4v) is 2.68. The van der Waals surface area contributed by atoms with Gasteiger partial charge in [0.1, 0.15) is 5.69 Å². The molecule has 0 saturated heterocycles. The number of carbonyl (C=O) groups excluding carboxylic acids is 1. The van der Waals surface area contributed by atoms with Crippen molar-refractivity contribution < 1.29 is 14.8 Å². The molecule has 0 aliphatic carbocycles. The van der Waals surface area contributed by atoms with E-state index in [1.54, 1.807) is 25.2 Å². The zero-order chi connectivity index (χ0) is 18.8. The van der Waals surface area contributed by atoms with Crippen LogP contribution in [0.3, 0.4) is 0 Å². The van der Waals surface area contributed by atoms with Crippen molar-refractivity contribution in [2.24, 2.45) is 5.41 Å². The maximum atomic E-state index is 12.7. The van der Waals surface area contributed by atoms with Gasteiger partial charge in [0.05, 0.1) is 17.6 Å². The lowest BCUT2D eigenvalue weighted by Crippen LogP contribution is -2.47. The number of aromatic nitrogens is 2. The van der Waals surface area contributed by atoms with Gasteiger partial charge in [-0.3, -0.25) is 14.9 Å². The lowest BCUT2D eigenvalue weighted by molar-refractivity contribution is -0.384. The highest BCUT2D eigenvalue weighted by Gasteiger charge is 2.32. The summed E-state index contributed by atoms with van der Waals surface area (Å²) in [6, 6.07) is 7.31. The van der Waals surface area contributed by atoms with Crippen LogP contribution in [-0.2, 0) is 0 Å². The van der Waals surface area contributed by atoms with E-state index < -0.39 is 4.92 Å². The van der Waals surface area contributed by atoms with Gasteiger partial charge in [-0.15, -0.1) is 0 Å². The number of nitro benzene ring substituents is 1. The topological polar surface area (TPSA) is 102 Å². The molecular weight excluding hydrogens is 324 g/mol. The number of aliphatic hydroxyl groups excluding tert-OH is 1. The second kappa shape index (κ2) is 7.02. The minimum Gasteiger partial charge on any atom is -0.394 e. The molecule has 1 aromatic carbocycles. The highest BCUT2D eigenvalue weighted by Crippen LogP contribution is 2.25. The monoisotopic (exact) mass is 346 g/mol. The van der Waals surface area contributed by atoms with Gasteiger partial charge in [-0.05, 0) is 17.5 Å². The highest BCUT2D eigenvalue weighted by atomic mass is 16.6. The molecule has 1 aromatic heterocycles. The van der Waals surface area contributed by atoms with Gasteiger partial charge in [-0.25, -0.2) is 4.68 Å². The van der Waals surface area contributed by atoms with Gasteiger partial charge >= 0.3 is 0 Å². The van der Waals surface area contributed by atoms with Crippen molar-refractivity contribution in [2.45, 2.75) is 26.8 Å². The second-order valence-corrected chi connectivity index (χ2v) is 6.87. The number of benzene rings is 1. The molecule has 8 nitrogen and oxygen atoms in total. The molecule has 134 valence electrons. The van der Waals surface area contributed by atoms with Gasteiger partial charge in [-0.1, -0.05) is 32.9 Å². The fourth-order valence-electron chi connectivity index (χ4n) is 2.68. The Morgan fingerprint density at radius 1 is 1.36 bits per heavy atom. The molecule has 1 amide bonds. The Hall–Kier alpha value is -2.74. The number of likely N-dealkylation sites (N-methyl/N-ethyl adjacent to an activating group) is 1. The molecule has 2 aromatic rings. The van der Waals surface area contributed by atoms with Crippen LogP contribution in [-0.4, -0.2) is 50.3 Å². The van der Waals surface area contributed by atoms with E-state index >= 15 is 0 Å². The van der Waals surface area contributed by atoms with Crippen LogP contribution in [0.2, 0.25) is 0 Å². The number of para-hydroxylation sites is 2. The van der Waals surface area contributed by atoms with Gasteiger partial charge in [-0.2, -0.15) is 5.10 Å². The number of rotatable bonds is 5. The van der Waals surface area contributed by atoms with E-state index in [-0.39, 0.29) is 41.0 Å². The van der Waals surface area contributed by atoms with Crippen LogP contribution in [0.25, 0.3) is 5.69 Å². The minimum absolute atomic E-state index is 0.0964. The highest BCUT2D eigenvalue weighted by molar-refractivity contribution is 5.92. The molecule has 0 spiro atoms. The van der Waals surface area contributed by atoms with Crippen LogP contribution >= 0.6 is 0 Å². The summed E-state index contributed by atoms with van der Waals surface area (Å²) in [5, 5.41) is 24.9. The Morgan fingerprint density at radius 2 is 2.00 bits per heavy atom. The smallest absolute Gasteiger partial charge is 0.294 e. The van der Waals surface area contributed by atoms with Crippen LogP contribution in [0.15, 0.2) is 36.5 Å². The molecule has 1 N–H and O–H groups in total. The molecule has 0 aliphatic heterocycles. The lowest BCUT2D eigenvalue weighted by atomic mass is 9.86. The number of hydrogen-bond acceptors (Lipinski definition) is 5. The maximum Gasteiger partial charge on any atom is 0.294 e. The van der Waals surface area contributed by atoms with Crippen LogP contribution in [0, 0.1) is 15.5 Å². The van der Waals surface area contributed by atoms with Crippen molar-refractivity contribution in [1.29, 1.82) is 0 Å². The first-order chi connectivity index (χ1) is 11.7. The van der Waals surface area contributed by atoms with Gasteiger partial charge in [0, 0.05) is 19.3 Å². The summed E-state index contributed by atoms with van der Waals surface area (Å²) in [6.07, 6.45) is 1.51. The summed E-state index contributed by atoms with van der Waals surface area (Å²) >= 11 is 0. The van der Waals surface area contributed by atoms with Crippen molar-refractivity contribution in [3.8, 4) is 5.69 Å². The van der Waals surface area contributed by atoms with Gasteiger partial charge in [0.15, 0.2) is 5.69 Å². The molecule has 0 saturated carbocycles. The van der Waals surface area contributed by atoms with Crippen LogP contribution in [0.4, 0.5) is 5.69 Å². The third-order valence-corrected chi connectivity index (χ3v) is 4.09. The van der Waals surface area contributed by atoms with Crippen LogP contribution < -0.4 is 0 Å². The second-order valence-electron chi connectivity index (χ2n) is 6.87. The predicted molar refractivity (Wildman–Crippen MR) is 92.6 cm³/mol. The van der Waals surface area contributed by atoms with Gasteiger partial charge < -0.3 is 10.0 Å². The van der Waals surface area contributed by atoms with Crippen molar-refractivity contribution in [3.05, 3.63) is 52.3 Å². The number of aliphatic hydroxyl groups is 1. The van der Waals surface area contributed by atoms with Gasteiger partial charge in [0.25, 0.3) is 11.6 Å². The third kappa shape index (κ3) is 3.85. The molecule has 8 heteroatoms. The minimum atomic E-state index is -0.494. The molecule has 0 aliphatic rings. The van der Waals surface area contributed by atoms with Crippen LogP contribution in [0.1, 0.15) is 31.3 Å². The largest absolute Gasteiger partial charge is 0.394 e. The number of carbonyl (C=O) groups is 1. The van der Waals surface area contributed by atoms with Crippen molar-refractivity contribution in [2.75, 3.05) is 13.7 Å². The van der Waals surface area contributed by atoms with E-state index in [9.17, 15) is 20.0 Å². The van der Waals surface area contributed by atoms with Crippen LogP contribution in [0.5, 0.6) is 0 Å². The van der Waals surface area contributed by atoms with Gasteiger partial charge in [0.2, 0.25) is 0 Å². The molecule has 0 unspecified atom stereocenters. The molecule has 0 bridgehead atoms. The first-order valence-electron chi connectivity index (χ1n) is 7.84. The summed E-state index contributed by atoms with van der Waals surface area (Å²) in [4.78, 5) is 24.8. The van der Waals surface area contributed by atoms with E-state index in [2.05, 4.69) is 5.10 Å². The summed E-state index contributed by atoms with van der Waals surface area (Å²) in [5.41, 5.74) is 0.0351. The molecule has 1 atom stereocenters. The van der Waals surface area contributed by atoms with E-state index in [4.69, 9.17) is 0 Å². The number of nitro groups is 1. The average molecular weight is 346 g/mol. The van der Waals surface area contributed by atoms with Crippen molar-refractivity contribution >= 4 is 11.6 Å². The molecule has 2 rings (SSSR count). The summed E-state index contributed by atoms with van der Waals surface area (Å²) in [7, 11) is 1.61. The van der Waals surface area contributed by atoms with E-state index in [0.717, 1.165) is 0 Å². The Balaban J connectivity index is 2.33. The fraction of sp³-hybridized carbons (Fsp3) is 0.412. The number of nitrogens with zero attached hydrogens (tertiary/aromatic N) is 4. The Morgan fingerprint density at radius 3 is 2.56 bits per heavy atom. The van der Waals surface area contributed by atoms with E-state index in [1.165, 1.54) is 27.9 Å². The van der Waals surface area contributed by atoms with E-state index in [1.807, 2.05) is 20.8 Å². The summed E-state index contributed by atoms with van der Waals surface area (Å²) < 4.78 is 1.31. The SMILES string of the molecule is CN(C(=O)c1ccn(-c2ccccc2[N+](=O)[O-])n1)[C@H](CO)C(C)(C)C. The van der Waals surface area contributed by atoms with E-state index in [0.29, 0.717) is 0 Å². The standard InChI is InChI=1S/C17H22N4O4/c1-17(2,3)15(11-22)19(4)16(23)12-9-10-20(18-12)13-7-5-6-8-14(13)21(24)25/h5-10,15,22H,11H2,1-4H3/t15-/m1/s1. The third-order valence-electron chi connectivity index (χ3n) is 4.09. The molecule has 0 radical (unpaired) electrons. The summed E-state index contributed by atoms with van der Waals surface area (Å²) in [5.74, 6) is -0.355. The quantitative estimate of drug-likeness (QED) is 0.661. The van der Waals surface area contributed by atoms with Crippen molar-refractivity contribution in [1.82, 2.24) is 14.7 Å². The molecule has 1 heterocycles. The molecule has 0 fully saturated rings. The zero-order valence-corrected chi connectivity index (χ0v) is 14.7. The number of amides is 1. The first-order valence-corrected chi connectivity index (χ1v) is 7.84. The summed E-state index contributed by atoms with van der Waals surface area (Å²) in [6.45, 7) is 5.63. The number of hydrogen-bond donors (Lipinski definition) is 1. The van der Waals surface area contributed by atoms with Crippen molar-refractivity contribution in [3.63, 3.8) is 0 Å². The molecule has 25 heavy (non-hydrogen) atoms. The maximum absolute atomic E-state index is 12.7. The Labute approximate surface area is 145 Å². The first kappa shape index (κ1) is 18.6. The Kier molecular flexibility index (Phi) is 5.22. The average Bonchev–Trinajstić information content (AvgIpc) is 3.03. The lowest BCUT2D eigenvalue weighted by Gasteiger charge is -2.36. The Bertz CT molecular complexity index is 779. The normalized spacial score (nSPS) is 12.7. The molecular formula is C17H22N4O4.